The van der Waals surface area contributed by atoms with E-state index < -0.39 is 0 Å². The monoisotopic (exact) mass is 394 g/mol. The maximum atomic E-state index is 13.9. The van der Waals surface area contributed by atoms with Gasteiger partial charge in [0.05, 0.1) is 5.69 Å². The molecule has 1 amide bonds. The predicted octanol–water partition coefficient (Wildman–Crippen LogP) is 3.52. The Kier molecular flexibility index (Phi) is 5.90. The standard InChI is InChI=1S/C23H27FN4O/c1-17-7-11-28-21(16-26-22(28)13-17)20(18-5-4-6-19(24)14-18)15-23(29)25-8-12-27-9-2-3-10-27/h4-7,11,13-14,16,20H,2-3,8-10,12,15H2,1H3,(H,25,29). The lowest BCUT2D eigenvalue weighted by atomic mass is 9.92. The molecule has 2 aromatic heterocycles. The first-order valence-electron chi connectivity index (χ1n) is 10.3. The summed E-state index contributed by atoms with van der Waals surface area (Å²) >= 11 is 0. The molecule has 1 aromatic carbocycles. The highest BCUT2D eigenvalue weighted by molar-refractivity contribution is 5.77. The zero-order valence-electron chi connectivity index (χ0n) is 16.8. The fourth-order valence-electron chi connectivity index (χ4n) is 4.09. The van der Waals surface area contributed by atoms with E-state index in [1.807, 2.05) is 35.7 Å². The van der Waals surface area contributed by atoms with Crippen LogP contribution in [-0.4, -0.2) is 46.4 Å². The molecule has 152 valence electrons. The minimum absolute atomic E-state index is 0.0273. The van der Waals surface area contributed by atoms with Crippen LogP contribution in [0.25, 0.3) is 5.65 Å². The van der Waals surface area contributed by atoms with Crippen molar-refractivity contribution in [1.29, 1.82) is 0 Å². The smallest absolute Gasteiger partial charge is 0.221 e. The molecule has 5 nitrogen and oxygen atoms in total. The fraction of sp³-hybridized carbons (Fsp3) is 0.391. The summed E-state index contributed by atoms with van der Waals surface area (Å²) in [6.07, 6.45) is 6.49. The van der Waals surface area contributed by atoms with Crippen molar-refractivity contribution >= 4 is 11.6 Å². The van der Waals surface area contributed by atoms with Gasteiger partial charge in [-0.2, -0.15) is 0 Å². The number of nitrogens with one attached hydrogen (secondary N) is 1. The van der Waals surface area contributed by atoms with E-state index in [1.54, 1.807) is 12.3 Å². The number of nitrogens with zero attached hydrogens (tertiary/aromatic N) is 3. The van der Waals surface area contributed by atoms with Crippen molar-refractivity contribution in [3.8, 4) is 0 Å². The summed E-state index contributed by atoms with van der Waals surface area (Å²) < 4.78 is 15.9. The molecule has 0 saturated carbocycles. The first-order valence-corrected chi connectivity index (χ1v) is 10.3. The highest BCUT2D eigenvalue weighted by atomic mass is 19.1. The lowest BCUT2D eigenvalue weighted by Crippen LogP contribution is -2.34. The van der Waals surface area contributed by atoms with Gasteiger partial charge in [0.1, 0.15) is 11.5 Å². The lowest BCUT2D eigenvalue weighted by molar-refractivity contribution is -0.121. The molecule has 3 aromatic rings. The van der Waals surface area contributed by atoms with E-state index in [1.165, 1.54) is 25.0 Å². The molecule has 4 rings (SSSR count). The second-order valence-electron chi connectivity index (χ2n) is 7.83. The third kappa shape index (κ3) is 4.65. The van der Waals surface area contributed by atoms with Crippen molar-refractivity contribution in [1.82, 2.24) is 19.6 Å². The molecule has 6 heteroatoms. The molecule has 0 bridgehead atoms. The largest absolute Gasteiger partial charge is 0.355 e. The van der Waals surface area contributed by atoms with Crippen LogP contribution in [0.5, 0.6) is 0 Å². The molecule has 1 aliphatic heterocycles. The Morgan fingerprint density at radius 2 is 2.07 bits per heavy atom. The molecular weight excluding hydrogens is 367 g/mol. The van der Waals surface area contributed by atoms with Crippen molar-refractivity contribution in [3.63, 3.8) is 0 Å². The number of halogens is 1. The van der Waals surface area contributed by atoms with Crippen molar-refractivity contribution in [2.24, 2.45) is 0 Å². The first-order chi connectivity index (χ1) is 14.1. The summed E-state index contributed by atoms with van der Waals surface area (Å²) in [4.78, 5) is 19.6. The van der Waals surface area contributed by atoms with E-state index in [-0.39, 0.29) is 24.1 Å². The van der Waals surface area contributed by atoms with Crippen molar-refractivity contribution in [2.45, 2.75) is 32.1 Å². The number of hydrogen-bond acceptors (Lipinski definition) is 3. The number of imidazole rings is 1. The number of pyridine rings is 1. The average molecular weight is 394 g/mol. The summed E-state index contributed by atoms with van der Waals surface area (Å²) in [5, 5.41) is 3.04. The number of carbonyl (C=O) groups excluding carboxylic acids is 1. The van der Waals surface area contributed by atoms with Gasteiger partial charge in [0.15, 0.2) is 0 Å². The second-order valence-corrected chi connectivity index (χ2v) is 7.83. The number of carbonyl (C=O) groups is 1. The molecule has 1 aliphatic rings. The van der Waals surface area contributed by atoms with Crippen molar-refractivity contribution in [2.75, 3.05) is 26.2 Å². The molecule has 0 aliphatic carbocycles. The van der Waals surface area contributed by atoms with Crippen LogP contribution >= 0.6 is 0 Å². The predicted molar refractivity (Wildman–Crippen MR) is 111 cm³/mol. The molecule has 1 atom stereocenters. The number of aryl methyl sites for hydroxylation is 1. The van der Waals surface area contributed by atoms with Crippen molar-refractivity contribution < 1.29 is 9.18 Å². The Morgan fingerprint density at radius 1 is 1.24 bits per heavy atom. The number of rotatable bonds is 7. The van der Waals surface area contributed by atoms with Crippen LogP contribution < -0.4 is 5.32 Å². The second kappa shape index (κ2) is 8.74. The minimum Gasteiger partial charge on any atom is -0.355 e. The van der Waals surface area contributed by atoms with Gasteiger partial charge in [0.2, 0.25) is 5.91 Å². The third-order valence-corrected chi connectivity index (χ3v) is 5.64. The van der Waals surface area contributed by atoms with Crippen LogP contribution in [0.15, 0.2) is 48.8 Å². The highest BCUT2D eigenvalue weighted by Crippen LogP contribution is 2.29. The average Bonchev–Trinajstić information content (AvgIpc) is 3.35. The SMILES string of the molecule is Cc1ccn2c(C(CC(=O)NCCN3CCCC3)c3cccc(F)c3)cnc2c1. The van der Waals surface area contributed by atoms with Crippen LogP contribution in [0.1, 0.15) is 42.0 Å². The molecule has 3 heterocycles. The van der Waals surface area contributed by atoms with Crippen molar-refractivity contribution in [3.05, 3.63) is 71.4 Å². The maximum Gasteiger partial charge on any atom is 0.221 e. The van der Waals surface area contributed by atoms with E-state index in [0.29, 0.717) is 6.54 Å². The number of benzene rings is 1. The lowest BCUT2D eigenvalue weighted by Gasteiger charge is -2.19. The Morgan fingerprint density at radius 3 is 2.86 bits per heavy atom. The Bertz CT molecular complexity index is 993. The molecular formula is C23H27FN4O. The van der Waals surface area contributed by atoms with Gasteiger partial charge in [-0.25, -0.2) is 9.37 Å². The third-order valence-electron chi connectivity index (χ3n) is 5.64. The maximum absolute atomic E-state index is 13.9. The Labute approximate surface area is 170 Å². The Hall–Kier alpha value is -2.73. The summed E-state index contributed by atoms with van der Waals surface area (Å²) in [5.41, 5.74) is 3.62. The van der Waals surface area contributed by atoms with Gasteiger partial charge in [0, 0.05) is 37.8 Å². The zero-order chi connectivity index (χ0) is 20.2. The van der Waals surface area contributed by atoms with E-state index >= 15 is 0 Å². The molecule has 1 unspecified atom stereocenters. The van der Waals surface area contributed by atoms with Gasteiger partial charge in [0.25, 0.3) is 0 Å². The minimum atomic E-state index is -0.299. The van der Waals surface area contributed by atoms with Crippen LogP contribution in [-0.2, 0) is 4.79 Å². The van der Waals surface area contributed by atoms with E-state index in [2.05, 4.69) is 15.2 Å². The molecule has 1 saturated heterocycles. The van der Waals surface area contributed by atoms with Crippen LogP contribution in [0.4, 0.5) is 4.39 Å². The van der Waals surface area contributed by atoms with E-state index in [9.17, 15) is 9.18 Å². The molecule has 1 N–H and O–H groups in total. The number of likely N-dealkylation sites (tertiary alicyclic amines) is 1. The van der Waals surface area contributed by atoms with Gasteiger partial charge in [-0.05, 0) is 68.2 Å². The van der Waals surface area contributed by atoms with Crippen LogP contribution in [0.3, 0.4) is 0 Å². The highest BCUT2D eigenvalue weighted by Gasteiger charge is 2.22. The summed E-state index contributed by atoms with van der Waals surface area (Å²) in [6.45, 7) is 5.77. The van der Waals surface area contributed by atoms with Crippen LogP contribution in [0.2, 0.25) is 0 Å². The topological polar surface area (TPSA) is 49.6 Å². The zero-order valence-corrected chi connectivity index (χ0v) is 16.8. The first kappa shape index (κ1) is 19.6. The number of hydrogen-bond donors (Lipinski definition) is 1. The molecule has 29 heavy (non-hydrogen) atoms. The number of aromatic nitrogens is 2. The molecule has 1 fully saturated rings. The Balaban J connectivity index is 1.54. The van der Waals surface area contributed by atoms with Gasteiger partial charge in [-0.15, -0.1) is 0 Å². The summed E-state index contributed by atoms with van der Waals surface area (Å²) in [6, 6.07) is 10.5. The van der Waals surface area contributed by atoms with Gasteiger partial charge in [-0.3, -0.25) is 4.79 Å². The van der Waals surface area contributed by atoms with Crippen LogP contribution in [0, 0.1) is 12.7 Å². The number of amides is 1. The van der Waals surface area contributed by atoms with E-state index in [0.717, 1.165) is 42.1 Å². The quantitative estimate of drug-likeness (QED) is 0.667. The van der Waals surface area contributed by atoms with Gasteiger partial charge >= 0.3 is 0 Å². The molecule has 0 radical (unpaired) electrons. The molecule has 0 spiro atoms. The summed E-state index contributed by atoms with van der Waals surface area (Å²) in [5.74, 6) is -0.595. The van der Waals surface area contributed by atoms with E-state index in [4.69, 9.17) is 0 Å². The number of fused-ring (bicyclic) bond motifs is 1. The van der Waals surface area contributed by atoms with Gasteiger partial charge in [-0.1, -0.05) is 12.1 Å². The summed E-state index contributed by atoms with van der Waals surface area (Å²) in [7, 11) is 0. The normalized spacial score (nSPS) is 15.7. The van der Waals surface area contributed by atoms with Gasteiger partial charge < -0.3 is 14.6 Å². The fourth-order valence-corrected chi connectivity index (χ4v) is 4.09.